The number of carbonyl (C=O) groups is 1. The zero-order valence-corrected chi connectivity index (χ0v) is 9.56. The quantitative estimate of drug-likeness (QED) is 0.857. The lowest BCUT2D eigenvalue weighted by Gasteiger charge is -2.06. The van der Waals surface area contributed by atoms with Gasteiger partial charge in [-0.3, -0.25) is 10.1 Å². The van der Waals surface area contributed by atoms with E-state index in [-0.39, 0.29) is 11.1 Å². The van der Waals surface area contributed by atoms with Gasteiger partial charge in [-0.15, -0.1) is 0 Å². The minimum Gasteiger partial charge on any atom is -0.294 e. The van der Waals surface area contributed by atoms with Crippen LogP contribution in [0.1, 0.15) is 18.5 Å². The third-order valence-corrected chi connectivity index (χ3v) is 1.90. The first-order valence-electron chi connectivity index (χ1n) is 4.64. The summed E-state index contributed by atoms with van der Waals surface area (Å²) in [4.78, 5) is 18.6. The summed E-state index contributed by atoms with van der Waals surface area (Å²) in [6, 6.07) is 1.47. The van der Waals surface area contributed by atoms with Crippen LogP contribution in [0.3, 0.4) is 0 Å². The minimum atomic E-state index is -4.36. The summed E-state index contributed by atoms with van der Waals surface area (Å²) in [5.41, 5.74) is 0.510. The van der Waals surface area contributed by atoms with Gasteiger partial charge in [0.25, 0.3) is 0 Å². The predicted octanol–water partition coefficient (Wildman–Crippen LogP) is 2.72. The Hall–Kier alpha value is -1.37. The van der Waals surface area contributed by atoms with Gasteiger partial charge in [0.2, 0.25) is 11.9 Å². The van der Waals surface area contributed by atoms with Gasteiger partial charge in [-0.1, -0.05) is 11.6 Å². The zero-order valence-electron chi connectivity index (χ0n) is 8.81. The number of aryl methyl sites for hydroxylation is 1. The van der Waals surface area contributed by atoms with Crippen molar-refractivity contribution < 1.29 is 18.0 Å². The predicted molar refractivity (Wildman–Crippen MR) is 55.7 cm³/mol. The maximum Gasteiger partial charge on any atom is 0.389 e. The molecule has 1 N–H and O–H groups in total. The van der Waals surface area contributed by atoms with E-state index >= 15 is 0 Å². The second-order valence-corrected chi connectivity index (χ2v) is 3.71. The molecule has 17 heavy (non-hydrogen) atoms. The van der Waals surface area contributed by atoms with Crippen LogP contribution < -0.4 is 5.32 Å². The Kier molecular flexibility index (Phi) is 4.28. The first kappa shape index (κ1) is 13.7. The molecule has 0 aliphatic heterocycles. The molecule has 0 saturated carbocycles. The molecule has 1 heterocycles. The number of anilines is 1. The third kappa shape index (κ3) is 5.48. The van der Waals surface area contributed by atoms with E-state index in [1.165, 1.54) is 6.07 Å². The molecule has 0 saturated heterocycles. The molecule has 1 rings (SSSR count). The number of hydrogen-bond donors (Lipinski definition) is 1. The zero-order chi connectivity index (χ0) is 13.1. The average molecular weight is 268 g/mol. The summed E-state index contributed by atoms with van der Waals surface area (Å²) in [7, 11) is 0. The SMILES string of the molecule is Cc1cc(Cl)nc(NC(=O)CCC(F)(F)F)n1. The molecule has 0 bridgehead atoms. The molecule has 0 aromatic carbocycles. The molecule has 0 unspecified atom stereocenters. The summed E-state index contributed by atoms with van der Waals surface area (Å²) in [5.74, 6) is -0.897. The van der Waals surface area contributed by atoms with Crippen molar-refractivity contribution >= 4 is 23.5 Å². The summed E-state index contributed by atoms with van der Waals surface area (Å²) in [6.45, 7) is 1.62. The third-order valence-electron chi connectivity index (χ3n) is 1.71. The van der Waals surface area contributed by atoms with Gasteiger partial charge >= 0.3 is 6.18 Å². The van der Waals surface area contributed by atoms with E-state index in [0.717, 1.165) is 0 Å². The van der Waals surface area contributed by atoms with Crippen molar-refractivity contribution in [1.82, 2.24) is 9.97 Å². The van der Waals surface area contributed by atoms with Gasteiger partial charge < -0.3 is 0 Å². The molecule has 0 aliphatic rings. The molecule has 0 atom stereocenters. The minimum absolute atomic E-state index is 0.0952. The fraction of sp³-hybridized carbons (Fsp3) is 0.444. The number of amides is 1. The van der Waals surface area contributed by atoms with Gasteiger partial charge in [-0.05, 0) is 13.0 Å². The van der Waals surface area contributed by atoms with Crippen LogP contribution in [-0.4, -0.2) is 22.1 Å². The fourth-order valence-electron chi connectivity index (χ4n) is 1.03. The highest BCUT2D eigenvalue weighted by atomic mass is 35.5. The van der Waals surface area contributed by atoms with E-state index in [4.69, 9.17) is 11.6 Å². The van der Waals surface area contributed by atoms with Crippen molar-refractivity contribution in [2.75, 3.05) is 5.32 Å². The monoisotopic (exact) mass is 267 g/mol. The Morgan fingerprint density at radius 1 is 1.47 bits per heavy atom. The topological polar surface area (TPSA) is 54.9 Å². The van der Waals surface area contributed by atoms with Gasteiger partial charge in [0.1, 0.15) is 5.15 Å². The van der Waals surface area contributed by atoms with E-state index in [0.29, 0.717) is 5.69 Å². The summed E-state index contributed by atoms with van der Waals surface area (Å²) >= 11 is 5.60. The largest absolute Gasteiger partial charge is 0.389 e. The second kappa shape index (κ2) is 5.31. The highest BCUT2D eigenvalue weighted by Crippen LogP contribution is 2.21. The van der Waals surface area contributed by atoms with E-state index in [9.17, 15) is 18.0 Å². The average Bonchev–Trinajstić information content (AvgIpc) is 2.11. The molecule has 1 aromatic heterocycles. The Bertz CT molecular complexity index is 402. The maximum absolute atomic E-state index is 11.9. The highest BCUT2D eigenvalue weighted by Gasteiger charge is 2.28. The van der Waals surface area contributed by atoms with Crippen molar-refractivity contribution in [2.45, 2.75) is 25.9 Å². The van der Waals surface area contributed by atoms with Crippen LogP contribution in [0.2, 0.25) is 5.15 Å². The number of rotatable bonds is 3. The molecule has 4 nitrogen and oxygen atoms in total. The molecule has 0 radical (unpaired) electrons. The smallest absolute Gasteiger partial charge is 0.294 e. The van der Waals surface area contributed by atoms with Crippen LogP contribution in [0.25, 0.3) is 0 Å². The molecule has 0 aliphatic carbocycles. The fourth-order valence-corrected chi connectivity index (χ4v) is 1.27. The standard InChI is InChI=1S/C9H9ClF3N3O/c1-5-4-6(10)15-8(14-5)16-7(17)2-3-9(11,12)13/h4H,2-3H2,1H3,(H,14,15,16,17). The van der Waals surface area contributed by atoms with Gasteiger partial charge in [-0.2, -0.15) is 13.2 Å². The van der Waals surface area contributed by atoms with Gasteiger partial charge in [-0.25, -0.2) is 9.97 Å². The molecule has 8 heteroatoms. The Labute approximate surface area is 100 Å². The van der Waals surface area contributed by atoms with Gasteiger partial charge in [0.15, 0.2) is 0 Å². The number of aromatic nitrogens is 2. The molecule has 1 aromatic rings. The molecular weight excluding hydrogens is 259 g/mol. The van der Waals surface area contributed by atoms with Crippen molar-refractivity contribution in [1.29, 1.82) is 0 Å². The van der Waals surface area contributed by atoms with Crippen LogP contribution in [-0.2, 0) is 4.79 Å². The van der Waals surface area contributed by atoms with Crippen LogP contribution in [0.15, 0.2) is 6.07 Å². The highest BCUT2D eigenvalue weighted by molar-refractivity contribution is 6.29. The number of halogens is 4. The van der Waals surface area contributed by atoms with Crippen molar-refractivity contribution in [3.05, 3.63) is 16.9 Å². The summed E-state index contributed by atoms with van der Waals surface area (Å²) in [6.07, 6.45) is -6.21. The van der Waals surface area contributed by atoms with Crippen molar-refractivity contribution in [3.8, 4) is 0 Å². The van der Waals surface area contributed by atoms with Crippen molar-refractivity contribution in [3.63, 3.8) is 0 Å². The maximum atomic E-state index is 11.9. The molecular formula is C9H9ClF3N3O. The number of nitrogens with zero attached hydrogens (tertiary/aromatic N) is 2. The first-order valence-corrected chi connectivity index (χ1v) is 5.02. The number of carbonyl (C=O) groups excluding carboxylic acids is 1. The second-order valence-electron chi connectivity index (χ2n) is 3.32. The number of alkyl halides is 3. The lowest BCUT2D eigenvalue weighted by Crippen LogP contribution is -2.18. The number of hydrogen-bond acceptors (Lipinski definition) is 3. The lowest BCUT2D eigenvalue weighted by atomic mass is 10.3. The van der Waals surface area contributed by atoms with Crippen LogP contribution in [0, 0.1) is 6.92 Å². The van der Waals surface area contributed by atoms with Crippen LogP contribution in [0.4, 0.5) is 19.1 Å². The molecule has 1 amide bonds. The van der Waals surface area contributed by atoms with Crippen LogP contribution in [0.5, 0.6) is 0 Å². The Morgan fingerprint density at radius 2 is 2.12 bits per heavy atom. The Morgan fingerprint density at radius 3 is 2.65 bits per heavy atom. The molecule has 0 spiro atoms. The summed E-state index contributed by atoms with van der Waals surface area (Å²) < 4.78 is 35.6. The van der Waals surface area contributed by atoms with E-state index in [2.05, 4.69) is 15.3 Å². The van der Waals surface area contributed by atoms with Gasteiger partial charge in [0.05, 0.1) is 6.42 Å². The Balaban J connectivity index is 2.56. The molecule has 0 fully saturated rings. The lowest BCUT2D eigenvalue weighted by molar-refractivity contribution is -0.142. The summed E-state index contributed by atoms with van der Waals surface area (Å²) in [5, 5.41) is 2.27. The number of nitrogens with one attached hydrogen (secondary N) is 1. The van der Waals surface area contributed by atoms with Crippen LogP contribution >= 0.6 is 11.6 Å². The van der Waals surface area contributed by atoms with E-state index in [1.807, 2.05) is 0 Å². The van der Waals surface area contributed by atoms with E-state index < -0.39 is 24.9 Å². The van der Waals surface area contributed by atoms with Gasteiger partial charge in [0, 0.05) is 12.1 Å². The van der Waals surface area contributed by atoms with E-state index in [1.54, 1.807) is 6.92 Å². The molecule has 94 valence electrons. The van der Waals surface area contributed by atoms with Crippen molar-refractivity contribution in [2.24, 2.45) is 0 Å². The first-order chi connectivity index (χ1) is 7.76. The normalized spacial score (nSPS) is 11.4.